The summed E-state index contributed by atoms with van der Waals surface area (Å²) < 4.78 is 6.16. The van der Waals surface area contributed by atoms with Gasteiger partial charge in [0.1, 0.15) is 5.75 Å². The van der Waals surface area contributed by atoms with Gasteiger partial charge in [-0.3, -0.25) is 0 Å². The van der Waals surface area contributed by atoms with Gasteiger partial charge in [0.05, 0.1) is 6.61 Å². The fourth-order valence-corrected chi connectivity index (χ4v) is 2.27. The van der Waals surface area contributed by atoms with E-state index in [1.54, 1.807) is 0 Å². The Hall–Kier alpha value is -1.02. The molecule has 0 spiro atoms. The minimum Gasteiger partial charge on any atom is -0.493 e. The zero-order chi connectivity index (χ0) is 16.0. The van der Waals surface area contributed by atoms with Crippen molar-refractivity contribution in [3.63, 3.8) is 0 Å². The number of nitrogens with one attached hydrogen (secondary N) is 1. The predicted octanol–water partition coefficient (Wildman–Crippen LogP) is 4.77. The van der Waals surface area contributed by atoms with Gasteiger partial charge in [-0.25, -0.2) is 0 Å². The molecule has 2 nitrogen and oxygen atoms in total. The average molecular weight is 291 g/mol. The van der Waals surface area contributed by atoms with Gasteiger partial charge < -0.3 is 10.1 Å². The first-order chi connectivity index (χ1) is 9.71. The number of rotatable bonds is 8. The molecule has 0 aliphatic carbocycles. The maximum atomic E-state index is 6.16. The summed E-state index contributed by atoms with van der Waals surface area (Å²) in [6.45, 7) is 18.3. The van der Waals surface area contributed by atoms with Crippen LogP contribution in [0.5, 0.6) is 5.75 Å². The largest absolute Gasteiger partial charge is 0.493 e. The molecule has 0 saturated carbocycles. The lowest BCUT2D eigenvalue weighted by molar-refractivity contribution is 0.173. The van der Waals surface area contributed by atoms with Crippen molar-refractivity contribution < 1.29 is 4.74 Å². The van der Waals surface area contributed by atoms with Crippen LogP contribution in [0.15, 0.2) is 18.2 Å². The minimum absolute atomic E-state index is 0.132. The third-order valence-corrected chi connectivity index (χ3v) is 3.57. The second-order valence-electron chi connectivity index (χ2n) is 7.67. The van der Waals surface area contributed by atoms with Crippen LogP contribution in [0.1, 0.15) is 58.6 Å². The van der Waals surface area contributed by atoms with Crippen molar-refractivity contribution >= 4 is 0 Å². The molecule has 0 aliphatic heterocycles. The lowest BCUT2D eigenvalue weighted by Gasteiger charge is -2.27. The van der Waals surface area contributed by atoms with Crippen molar-refractivity contribution in [1.82, 2.24) is 5.32 Å². The van der Waals surface area contributed by atoms with Crippen LogP contribution in [-0.4, -0.2) is 19.7 Å². The van der Waals surface area contributed by atoms with Crippen LogP contribution in [0.4, 0.5) is 0 Å². The first kappa shape index (κ1) is 18.0. The molecular formula is C19H33NO. The summed E-state index contributed by atoms with van der Waals surface area (Å²) in [4.78, 5) is 0. The Labute approximate surface area is 131 Å². The van der Waals surface area contributed by atoms with Gasteiger partial charge in [-0.1, -0.05) is 53.7 Å². The lowest BCUT2D eigenvalue weighted by Crippen LogP contribution is -2.36. The molecule has 1 aromatic rings. The Balaban J connectivity index is 2.63. The molecule has 0 aliphatic rings. The summed E-state index contributed by atoms with van der Waals surface area (Å²) in [6.07, 6.45) is 0. The second kappa shape index (κ2) is 7.84. The zero-order valence-electron chi connectivity index (χ0n) is 14.9. The summed E-state index contributed by atoms with van der Waals surface area (Å²) in [5.74, 6) is 2.22. The highest BCUT2D eigenvalue weighted by molar-refractivity contribution is 5.39. The number of aryl methyl sites for hydroxylation is 1. The minimum atomic E-state index is 0.132. The molecule has 0 atom stereocenters. The van der Waals surface area contributed by atoms with Crippen molar-refractivity contribution in [2.45, 2.75) is 54.4 Å². The van der Waals surface area contributed by atoms with E-state index in [2.05, 4.69) is 72.0 Å². The summed E-state index contributed by atoms with van der Waals surface area (Å²) in [6, 6.07) is 6.52. The van der Waals surface area contributed by atoms with Crippen LogP contribution in [0.2, 0.25) is 0 Å². The fourth-order valence-electron chi connectivity index (χ4n) is 2.27. The van der Waals surface area contributed by atoms with Gasteiger partial charge in [0.2, 0.25) is 0 Å². The van der Waals surface area contributed by atoms with Crippen molar-refractivity contribution in [2.24, 2.45) is 11.3 Å². The first-order valence-corrected chi connectivity index (χ1v) is 8.15. The highest BCUT2D eigenvalue weighted by atomic mass is 16.5. The monoisotopic (exact) mass is 291 g/mol. The van der Waals surface area contributed by atoms with Crippen molar-refractivity contribution in [1.29, 1.82) is 0 Å². The van der Waals surface area contributed by atoms with Gasteiger partial charge in [-0.15, -0.1) is 0 Å². The number of hydrogen-bond donors (Lipinski definition) is 1. The van der Waals surface area contributed by atoms with Crippen molar-refractivity contribution in [2.75, 3.05) is 19.7 Å². The van der Waals surface area contributed by atoms with E-state index in [-0.39, 0.29) is 5.41 Å². The average Bonchev–Trinajstić information content (AvgIpc) is 2.35. The van der Waals surface area contributed by atoms with Crippen LogP contribution in [0.25, 0.3) is 0 Å². The molecule has 0 radical (unpaired) electrons. The molecule has 1 rings (SSSR count). The molecule has 0 unspecified atom stereocenters. The van der Waals surface area contributed by atoms with Gasteiger partial charge in [-0.05, 0) is 42.5 Å². The van der Waals surface area contributed by atoms with E-state index in [1.165, 1.54) is 11.1 Å². The maximum Gasteiger partial charge on any atom is 0.123 e. The molecule has 0 amide bonds. The topological polar surface area (TPSA) is 21.3 Å². The zero-order valence-corrected chi connectivity index (χ0v) is 14.9. The second-order valence-corrected chi connectivity index (χ2v) is 7.67. The summed E-state index contributed by atoms with van der Waals surface area (Å²) >= 11 is 0. The van der Waals surface area contributed by atoms with Gasteiger partial charge in [0.25, 0.3) is 0 Å². The van der Waals surface area contributed by atoms with Gasteiger partial charge in [-0.2, -0.15) is 0 Å². The molecular weight excluding hydrogens is 258 g/mol. The van der Waals surface area contributed by atoms with Crippen LogP contribution in [0.3, 0.4) is 0 Å². The third kappa shape index (κ3) is 6.52. The Kier molecular flexibility index (Phi) is 6.73. The standard InChI is InChI=1S/C19H33NO/c1-14(2)11-20-12-19(6,7)13-21-18-10-16(5)8-9-17(18)15(3)4/h8-10,14-15,20H,11-13H2,1-7H3. The normalized spacial score (nSPS) is 12.2. The van der Waals surface area contributed by atoms with Crippen LogP contribution in [0, 0.1) is 18.3 Å². The van der Waals surface area contributed by atoms with E-state index in [0.717, 1.165) is 25.4 Å². The SMILES string of the molecule is Cc1ccc(C(C)C)c(OCC(C)(C)CNCC(C)C)c1. The third-order valence-electron chi connectivity index (χ3n) is 3.57. The quantitative estimate of drug-likeness (QED) is 0.745. The number of hydrogen-bond acceptors (Lipinski definition) is 2. The van der Waals surface area contributed by atoms with E-state index in [1.807, 2.05) is 0 Å². The van der Waals surface area contributed by atoms with Gasteiger partial charge >= 0.3 is 0 Å². The maximum absolute atomic E-state index is 6.16. The highest BCUT2D eigenvalue weighted by Gasteiger charge is 2.20. The van der Waals surface area contributed by atoms with Gasteiger partial charge in [0.15, 0.2) is 0 Å². The molecule has 0 aromatic heterocycles. The molecule has 1 N–H and O–H groups in total. The smallest absolute Gasteiger partial charge is 0.123 e. The molecule has 0 saturated heterocycles. The van der Waals surface area contributed by atoms with Gasteiger partial charge in [0, 0.05) is 12.0 Å². The predicted molar refractivity (Wildman–Crippen MR) is 92.3 cm³/mol. The van der Waals surface area contributed by atoms with Crippen LogP contribution >= 0.6 is 0 Å². The van der Waals surface area contributed by atoms with Crippen molar-refractivity contribution in [3.8, 4) is 5.75 Å². The Morgan fingerprint density at radius 3 is 2.38 bits per heavy atom. The molecule has 0 heterocycles. The lowest BCUT2D eigenvalue weighted by atomic mass is 9.94. The Bertz CT molecular complexity index is 435. The summed E-state index contributed by atoms with van der Waals surface area (Å²) in [7, 11) is 0. The van der Waals surface area contributed by atoms with E-state index < -0.39 is 0 Å². The van der Waals surface area contributed by atoms with E-state index in [4.69, 9.17) is 4.74 Å². The number of benzene rings is 1. The van der Waals surface area contributed by atoms with Crippen LogP contribution < -0.4 is 10.1 Å². The first-order valence-electron chi connectivity index (χ1n) is 8.15. The summed E-state index contributed by atoms with van der Waals surface area (Å²) in [5, 5.41) is 3.53. The fraction of sp³-hybridized carbons (Fsp3) is 0.684. The van der Waals surface area contributed by atoms with E-state index >= 15 is 0 Å². The van der Waals surface area contributed by atoms with E-state index in [0.29, 0.717) is 11.8 Å². The molecule has 1 aromatic carbocycles. The molecule has 0 bridgehead atoms. The molecule has 120 valence electrons. The molecule has 2 heteroatoms. The van der Waals surface area contributed by atoms with Crippen LogP contribution in [-0.2, 0) is 0 Å². The summed E-state index contributed by atoms with van der Waals surface area (Å²) in [5.41, 5.74) is 2.68. The molecule has 21 heavy (non-hydrogen) atoms. The number of ether oxygens (including phenoxy) is 1. The highest BCUT2D eigenvalue weighted by Crippen LogP contribution is 2.29. The Morgan fingerprint density at radius 2 is 1.81 bits per heavy atom. The molecule has 0 fully saturated rings. The van der Waals surface area contributed by atoms with Crippen molar-refractivity contribution in [3.05, 3.63) is 29.3 Å². The van der Waals surface area contributed by atoms with E-state index in [9.17, 15) is 0 Å². The Morgan fingerprint density at radius 1 is 1.14 bits per heavy atom.